The van der Waals surface area contributed by atoms with Gasteiger partial charge in [-0.2, -0.15) is 5.26 Å². The van der Waals surface area contributed by atoms with Crippen molar-refractivity contribution in [3.63, 3.8) is 0 Å². The molecule has 0 radical (unpaired) electrons. The van der Waals surface area contributed by atoms with Gasteiger partial charge >= 0.3 is 0 Å². The average Bonchev–Trinajstić information content (AvgIpc) is 3.19. The lowest BCUT2D eigenvalue weighted by atomic mass is 9.97. The molecule has 0 atom stereocenters. The second-order valence-corrected chi connectivity index (χ2v) is 4.82. The molecule has 0 fully saturated rings. The van der Waals surface area contributed by atoms with Crippen molar-refractivity contribution in [1.82, 2.24) is 0 Å². The van der Waals surface area contributed by atoms with Crippen LogP contribution in [-0.4, -0.2) is 13.6 Å². The number of hydrogen-bond donors (Lipinski definition) is 0. The summed E-state index contributed by atoms with van der Waals surface area (Å²) in [5.74, 6) is 2.79. The van der Waals surface area contributed by atoms with E-state index in [0.717, 1.165) is 16.7 Å². The fourth-order valence-electron chi connectivity index (χ4n) is 2.53. The predicted octanol–water partition coefficient (Wildman–Crippen LogP) is 3.10. The van der Waals surface area contributed by atoms with Crippen LogP contribution in [-0.2, 0) is 0 Å². The summed E-state index contributed by atoms with van der Waals surface area (Å²) in [5, 5.41) is 9.11. The van der Waals surface area contributed by atoms with Gasteiger partial charge in [0, 0.05) is 6.08 Å². The van der Waals surface area contributed by atoms with Crippen molar-refractivity contribution in [1.29, 1.82) is 5.26 Å². The predicted molar refractivity (Wildman–Crippen MR) is 77.8 cm³/mol. The molecule has 0 bridgehead atoms. The molecule has 0 N–H and O–H groups in total. The van der Waals surface area contributed by atoms with Gasteiger partial charge in [0.25, 0.3) is 0 Å². The number of rotatable bonds is 2. The Morgan fingerprint density at radius 2 is 1.32 bits per heavy atom. The maximum atomic E-state index is 9.11. The number of nitrogens with zero attached hydrogens (tertiary/aromatic N) is 1. The van der Waals surface area contributed by atoms with Crippen LogP contribution in [0.4, 0.5) is 0 Å². The summed E-state index contributed by atoms with van der Waals surface area (Å²) in [5.41, 5.74) is 2.55. The maximum absolute atomic E-state index is 9.11. The van der Waals surface area contributed by atoms with E-state index in [1.165, 1.54) is 6.08 Å². The van der Waals surface area contributed by atoms with Crippen molar-refractivity contribution in [2.24, 2.45) is 0 Å². The highest BCUT2D eigenvalue weighted by Crippen LogP contribution is 2.39. The molecule has 0 aromatic heterocycles. The van der Waals surface area contributed by atoms with Crippen molar-refractivity contribution < 1.29 is 18.9 Å². The van der Waals surface area contributed by atoms with E-state index in [9.17, 15) is 0 Å². The third kappa shape index (κ3) is 2.02. The molecule has 2 heterocycles. The second kappa shape index (κ2) is 5.01. The largest absolute Gasteiger partial charge is 0.454 e. The molecule has 2 aliphatic heterocycles. The van der Waals surface area contributed by atoms with Crippen molar-refractivity contribution in [3.05, 3.63) is 53.6 Å². The van der Waals surface area contributed by atoms with Gasteiger partial charge in [-0.3, -0.25) is 0 Å². The Kier molecular flexibility index (Phi) is 2.87. The second-order valence-electron chi connectivity index (χ2n) is 4.82. The Morgan fingerprint density at radius 1 is 0.818 bits per heavy atom. The minimum atomic E-state index is 0.222. The van der Waals surface area contributed by atoms with E-state index in [1.807, 2.05) is 36.4 Å². The summed E-state index contributed by atoms with van der Waals surface area (Å²) in [4.78, 5) is 0. The lowest BCUT2D eigenvalue weighted by Gasteiger charge is -2.09. The quantitative estimate of drug-likeness (QED) is 0.796. The summed E-state index contributed by atoms with van der Waals surface area (Å²) in [6.07, 6.45) is 1.51. The van der Waals surface area contributed by atoms with Crippen LogP contribution in [0.1, 0.15) is 11.1 Å². The third-order valence-corrected chi connectivity index (χ3v) is 3.58. The lowest BCUT2D eigenvalue weighted by molar-refractivity contribution is 0.173. The van der Waals surface area contributed by atoms with Gasteiger partial charge in [-0.05, 0) is 41.0 Å². The SMILES string of the molecule is N#CC=C(c1ccc2c(c1)OCO2)c1ccc2c(c1)OCO2. The zero-order valence-corrected chi connectivity index (χ0v) is 11.5. The van der Waals surface area contributed by atoms with E-state index in [0.29, 0.717) is 23.0 Å². The van der Waals surface area contributed by atoms with Crippen LogP contribution >= 0.6 is 0 Å². The molecule has 0 unspecified atom stereocenters. The van der Waals surface area contributed by atoms with E-state index < -0.39 is 0 Å². The topological polar surface area (TPSA) is 60.7 Å². The van der Waals surface area contributed by atoms with Gasteiger partial charge in [0.05, 0.1) is 6.07 Å². The summed E-state index contributed by atoms with van der Waals surface area (Å²) in [6, 6.07) is 13.3. The first-order valence-electron chi connectivity index (χ1n) is 6.75. The molecule has 0 spiro atoms. The van der Waals surface area contributed by atoms with Gasteiger partial charge < -0.3 is 18.9 Å². The van der Waals surface area contributed by atoms with Gasteiger partial charge in [-0.15, -0.1) is 0 Å². The molecular weight excluding hydrogens is 282 g/mol. The number of ether oxygens (including phenoxy) is 4. The zero-order chi connectivity index (χ0) is 14.9. The van der Waals surface area contributed by atoms with Gasteiger partial charge in [-0.25, -0.2) is 0 Å². The number of allylic oxidation sites excluding steroid dienone is 1. The molecule has 2 aromatic carbocycles. The Hall–Kier alpha value is -3.13. The van der Waals surface area contributed by atoms with Crippen molar-refractivity contribution in [2.75, 3.05) is 13.6 Å². The lowest BCUT2D eigenvalue weighted by Crippen LogP contribution is -1.93. The molecule has 5 heteroatoms. The molecule has 2 aliphatic rings. The summed E-state index contributed by atoms with van der Waals surface area (Å²) in [7, 11) is 0. The van der Waals surface area contributed by atoms with Crippen molar-refractivity contribution in [3.8, 4) is 29.1 Å². The third-order valence-electron chi connectivity index (χ3n) is 3.58. The minimum absolute atomic E-state index is 0.222. The van der Waals surface area contributed by atoms with Gasteiger partial charge in [0.2, 0.25) is 13.6 Å². The number of nitriles is 1. The highest BCUT2D eigenvalue weighted by atomic mass is 16.7. The van der Waals surface area contributed by atoms with Gasteiger partial charge in [0.15, 0.2) is 23.0 Å². The Morgan fingerprint density at radius 3 is 1.82 bits per heavy atom. The molecule has 2 aromatic rings. The minimum Gasteiger partial charge on any atom is -0.454 e. The molecule has 0 saturated heterocycles. The van der Waals surface area contributed by atoms with E-state index in [1.54, 1.807) is 0 Å². The van der Waals surface area contributed by atoms with E-state index in [4.69, 9.17) is 24.2 Å². The normalized spacial score (nSPS) is 13.6. The van der Waals surface area contributed by atoms with Crippen LogP contribution in [0.25, 0.3) is 5.57 Å². The van der Waals surface area contributed by atoms with Crippen LogP contribution in [0.5, 0.6) is 23.0 Å². The van der Waals surface area contributed by atoms with Crippen molar-refractivity contribution >= 4 is 5.57 Å². The first kappa shape index (κ1) is 12.6. The maximum Gasteiger partial charge on any atom is 0.231 e. The molecule has 0 amide bonds. The smallest absolute Gasteiger partial charge is 0.231 e. The van der Waals surface area contributed by atoms with Crippen LogP contribution in [0, 0.1) is 11.3 Å². The molecule has 5 nitrogen and oxygen atoms in total. The monoisotopic (exact) mass is 293 g/mol. The highest BCUT2D eigenvalue weighted by Gasteiger charge is 2.18. The van der Waals surface area contributed by atoms with Gasteiger partial charge in [-0.1, -0.05) is 12.1 Å². The van der Waals surface area contributed by atoms with Crippen LogP contribution in [0.15, 0.2) is 42.5 Å². The Labute approximate surface area is 126 Å². The number of hydrogen-bond acceptors (Lipinski definition) is 5. The van der Waals surface area contributed by atoms with Crippen LogP contribution < -0.4 is 18.9 Å². The fraction of sp³-hybridized carbons (Fsp3) is 0.118. The molecular formula is C17H11NO4. The number of benzene rings is 2. The van der Waals surface area contributed by atoms with Crippen molar-refractivity contribution in [2.45, 2.75) is 0 Å². The van der Waals surface area contributed by atoms with Crippen LogP contribution in [0.3, 0.4) is 0 Å². The fourth-order valence-corrected chi connectivity index (χ4v) is 2.53. The molecule has 108 valence electrons. The Bertz CT molecular complexity index is 760. The first-order chi connectivity index (χ1) is 10.8. The van der Waals surface area contributed by atoms with E-state index >= 15 is 0 Å². The van der Waals surface area contributed by atoms with E-state index in [2.05, 4.69) is 6.07 Å². The highest BCUT2D eigenvalue weighted by molar-refractivity contribution is 5.83. The molecule has 22 heavy (non-hydrogen) atoms. The van der Waals surface area contributed by atoms with Crippen LogP contribution in [0.2, 0.25) is 0 Å². The first-order valence-corrected chi connectivity index (χ1v) is 6.75. The standard InChI is InChI=1S/C17H11NO4/c18-6-5-13(11-1-3-14-16(7-11)21-9-19-14)12-2-4-15-17(8-12)22-10-20-15/h1-5,7-8H,9-10H2. The molecule has 4 rings (SSSR count). The summed E-state index contributed by atoms with van der Waals surface area (Å²) in [6.45, 7) is 0.445. The summed E-state index contributed by atoms with van der Waals surface area (Å²) >= 11 is 0. The van der Waals surface area contributed by atoms with Gasteiger partial charge in [0.1, 0.15) is 0 Å². The number of fused-ring (bicyclic) bond motifs is 2. The van der Waals surface area contributed by atoms with E-state index in [-0.39, 0.29) is 13.6 Å². The zero-order valence-electron chi connectivity index (χ0n) is 11.5. The molecule has 0 saturated carbocycles. The molecule has 0 aliphatic carbocycles. The summed E-state index contributed by atoms with van der Waals surface area (Å²) < 4.78 is 21.4. The Balaban J connectivity index is 1.79. The average molecular weight is 293 g/mol.